The summed E-state index contributed by atoms with van der Waals surface area (Å²) in [5.41, 5.74) is 11.3. The lowest BCUT2D eigenvalue weighted by atomic mass is 9.80. The number of piperidine rings is 1. The molecule has 4 aromatic rings. The van der Waals surface area contributed by atoms with Crippen molar-refractivity contribution in [2.75, 3.05) is 72.7 Å². The molecule has 2 aromatic carbocycles. The fourth-order valence-corrected chi connectivity index (χ4v) is 10.3. The number of phenols is 1. The number of nitrogen functional groups attached to an aromatic ring is 1. The van der Waals surface area contributed by atoms with Crippen molar-refractivity contribution in [2.24, 2.45) is 0 Å². The zero-order valence-electron chi connectivity index (χ0n) is 37.6. The van der Waals surface area contributed by atoms with Crippen LogP contribution in [0, 0.1) is 0 Å². The second-order valence-electron chi connectivity index (χ2n) is 17.3. The number of carbonyl (C=O) groups excluding carboxylic acids is 3. The van der Waals surface area contributed by atoms with Crippen LogP contribution in [0.5, 0.6) is 5.75 Å². The number of fused-ring (bicyclic) bond motifs is 2. The van der Waals surface area contributed by atoms with Crippen molar-refractivity contribution in [3.63, 3.8) is 0 Å². The van der Waals surface area contributed by atoms with Crippen molar-refractivity contribution >= 4 is 47.3 Å². The Morgan fingerprint density at radius 2 is 1.59 bits per heavy atom. The molecule has 336 valence electrons. The Morgan fingerprint density at radius 3 is 2.25 bits per heavy atom. The maximum absolute atomic E-state index is 12.1. The van der Waals surface area contributed by atoms with E-state index in [0.29, 0.717) is 41.4 Å². The molecule has 3 atom stereocenters. The van der Waals surface area contributed by atoms with Crippen molar-refractivity contribution in [3.8, 4) is 17.0 Å². The van der Waals surface area contributed by atoms with E-state index in [1.165, 1.54) is 5.56 Å². The third kappa shape index (κ3) is 9.88. The molecule has 8 rings (SSSR count). The minimum Gasteiger partial charge on any atom is -0.507 e. The van der Waals surface area contributed by atoms with Crippen LogP contribution in [-0.2, 0) is 14.4 Å². The predicted molar refractivity (Wildman–Crippen MR) is 249 cm³/mol. The molecule has 2 amide bonds. The zero-order valence-corrected chi connectivity index (χ0v) is 37.6. The number of nitrogens with one attached hydrogen (secondary N) is 1. The number of anilines is 5. The molecule has 3 unspecified atom stereocenters. The predicted octanol–water partition coefficient (Wildman–Crippen LogP) is 6.13. The SMILES string of the molecule is CC.CNC(=O)CCC(C=O)N(C)c1ccc(C2CCC(N3CCC(c4nccc(N5C6CCC5CN(c5cc(-c7ccccc7O)nnc5N)C6)n4)CC3)CC2)cc1N(C)C=O. The molecule has 4 N–H and O–H groups in total. The Labute approximate surface area is 372 Å². The fraction of sp³-hybridized carbons (Fsp3) is 0.521. The summed E-state index contributed by atoms with van der Waals surface area (Å²) in [6.45, 7) is 7.68. The average Bonchev–Trinajstić information content (AvgIpc) is 3.60. The van der Waals surface area contributed by atoms with Gasteiger partial charge in [0.05, 0.1) is 28.8 Å². The van der Waals surface area contributed by atoms with Gasteiger partial charge in [0.25, 0.3) is 0 Å². The van der Waals surface area contributed by atoms with E-state index in [9.17, 15) is 19.5 Å². The molecular weight excluding hydrogens is 795 g/mol. The summed E-state index contributed by atoms with van der Waals surface area (Å²) in [4.78, 5) is 56.9. The van der Waals surface area contributed by atoms with Gasteiger partial charge < -0.3 is 45.5 Å². The van der Waals surface area contributed by atoms with Crippen molar-refractivity contribution in [1.82, 2.24) is 30.4 Å². The van der Waals surface area contributed by atoms with Crippen molar-refractivity contribution < 1.29 is 19.5 Å². The van der Waals surface area contributed by atoms with E-state index < -0.39 is 6.04 Å². The molecule has 0 radical (unpaired) electrons. The van der Waals surface area contributed by atoms with Gasteiger partial charge >= 0.3 is 0 Å². The number of nitrogens with zero attached hydrogens (tertiary/aromatic N) is 9. The molecule has 15 nitrogen and oxygen atoms in total. The monoisotopic (exact) mass is 860 g/mol. The summed E-state index contributed by atoms with van der Waals surface area (Å²) in [6.07, 6.45) is 12.9. The molecule has 4 aliphatic rings. The van der Waals surface area contributed by atoms with Crippen LogP contribution in [0.2, 0.25) is 0 Å². The van der Waals surface area contributed by atoms with Crippen LogP contribution in [0.25, 0.3) is 11.3 Å². The van der Waals surface area contributed by atoms with Crippen molar-refractivity contribution in [3.05, 3.63) is 72.2 Å². The topological polar surface area (TPSA) is 177 Å². The van der Waals surface area contributed by atoms with E-state index in [4.69, 9.17) is 15.7 Å². The summed E-state index contributed by atoms with van der Waals surface area (Å²) in [5.74, 6) is 3.15. The number of para-hydroxylation sites is 1. The normalized spacial score (nSPS) is 21.8. The van der Waals surface area contributed by atoms with Crippen LogP contribution in [0.3, 0.4) is 0 Å². The highest BCUT2D eigenvalue weighted by Gasteiger charge is 2.42. The summed E-state index contributed by atoms with van der Waals surface area (Å²) >= 11 is 0. The molecule has 2 aromatic heterocycles. The van der Waals surface area contributed by atoms with Crippen LogP contribution in [0.15, 0.2) is 60.8 Å². The van der Waals surface area contributed by atoms with Gasteiger partial charge in [-0.3, -0.25) is 9.59 Å². The Morgan fingerprint density at radius 1 is 0.889 bits per heavy atom. The first-order chi connectivity index (χ1) is 30.6. The highest BCUT2D eigenvalue weighted by atomic mass is 16.3. The molecule has 2 bridgehead atoms. The summed E-state index contributed by atoms with van der Waals surface area (Å²) in [7, 11) is 5.18. The Balaban J connectivity index is 0.00000293. The molecule has 63 heavy (non-hydrogen) atoms. The lowest BCUT2D eigenvalue weighted by molar-refractivity contribution is -0.120. The van der Waals surface area contributed by atoms with E-state index in [1.54, 1.807) is 31.1 Å². The number of carbonyl (C=O) groups is 3. The van der Waals surface area contributed by atoms with Gasteiger partial charge in [0.15, 0.2) is 5.82 Å². The molecule has 3 aliphatic heterocycles. The third-order valence-corrected chi connectivity index (χ3v) is 13.8. The lowest BCUT2D eigenvalue weighted by Gasteiger charge is -2.43. The number of hydrogen-bond donors (Lipinski definition) is 3. The van der Waals surface area contributed by atoms with Gasteiger partial charge in [-0.05, 0) is 119 Å². The number of likely N-dealkylation sites (tertiary alicyclic amines) is 1. The van der Waals surface area contributed by atoms with E-state index in [2.05, 4.69) is 48.4 Å². The van der Waals surface area contributed by atoms with Gasteiger partial charge in [-0.2, -0.15) is 0 Å². The number of aromatic hydroxyl groups is 1. The highest BCUT2D eigenvalue weighted by Crippen LogP contribution is 2.42. The number of aldehydes is 1. The first-order valence-corrected chi connectivity index (χ1v) is 22.9. The maximum atomic E-state index is 12.1. The Kier molecular flexibility index (Phi) is 14.8. The fourth-order valence-electron chi connectivity index (χ4n) is 10.3. The first kappa shape index (κ1) is 45.2. The van der Waals surface area contributed by atoms with Crippen LogP contribution in [-0.4, -0.2) is 120 Å². The molecule has 1 aliphatic carbocycles. The number of phenolic OH excluding ortho intramolecular Hbond substituents is 1. The van der Waals surface area contributed by atoms with Crippen molar-refractivity contribution in [2.45, 2.75) is 114 Å². The second-order valence-corrected chi connectivity index (χ2v) is 17.3. The number of nitrogens with two attached hydrogens (primary N) is 1. The number of piperazine rings is 1. The largest absolute Gasteiger partial charge is 0.507 e. The molecule has 3 saturated heterocycles. The zero-order chi connectivity index (χ0) is 44.6. The van der Waals surface area contributed by atoms with Crippen LogP contribution in [0.1, 0.15) is 101 Å². The maximum Gasteiger partial charge on any atom is 0.219 e. The molecule has 5 heterocycles. The van der Waals surface area contributed by atoms with Gasteiger partial charge in [0.2, 0.25) is 12.3 Å². The summed E-state index contributed by atoms with van der Waals surface area (Å²) in [6, 6.07) is 18.1. The van der Waals surface area contributed by atoms with E-state index in [-0.39, 0.29) is 30.2 Å². The van der Waals surface area contributed by atoms with Gasteiger partial charge in [0, 0.05) is 76.5 Å². The van der Waals surface area contributed by atoms with E-state index in [0.717, 1.165) is 119 Å². The third-order valence-electron chi connectivity index (χ3n) is 13.8. The van der Waals surface area contributed by atoms with Gasteiger partial charge in [-0.15, -0.1) is 10.2 Å². The Hall–Kier alpha value is -5.83. The van der Waals surface area contributed by atoms with Crippen molar-refractivity contribution in [1.29, 1.82) is 0 Å². The highest BCUT2D eigenvalue weighted by molar-refractivity contribution is 5.86. The standard InChI is InChI=1S/C46H59N11O4.C2H6/c1-48-44(61)17-15-36(28-58)54(3)39-16-10-32(24-40(39)53(2)29-59)30-8-11-33(12-9-30)55-22-19-31(20-23-55)46-49-21-18-43(50-46)57-34-13-14-35(57)27-56(26-34)41-25-38(51-52-45(41)47)37-6-4-5-7-42(37)60;1-2/h4-7,10,16,18,21,24-25,28-31,33-36,60H,8-9,11-15,17,19-20,22-23,26-27H2,1-3H3,(H2,47,52)(H,48,61);1-2H3. The summed E-state index contributed by atoms with van der Waals surface area (Å²) < 4.78 is 0. The van der Waals surface area contributed by atoms with Gasteiger partial charge in [0.1, 0.15) is 23.7 Å². The van der Waals surface area contributed by atoms with Crippen LogP contribution >= 0.6 is 0 Å². The number of likely N-dealkylation sites (N-methyl/N-ethyl adjacent to an activating group) is 1. The summed E-state index contributed by atoms with van der Waals surface area (Å²) in [5, 5.41) is 21.6. The van der Waals surface area contributed by atoms with E-state index in [1.807, 2.05) is 56.3 Å². The average molecular weight is 860 g/mol. The van der Waals surface area contributed by atoms with Gasteiger partial charge in [-0.1, -0.05) is 32.0 Å². The quantitative estimate of drug-likeness (QED) is 0.124. The number of benzene rings is 2. The second kappa shape index (κ2) is 20.6. The van der Waals surface area contributed by atoms with Crippen LogP contribution in [0.4, 0.5) is 28.7 Å². The molecule has 1 saturated carbocycles. The van der Waals surface area contributed by atoms with E-state index >= 15 is 0 Å². The number of aromatic nitrogens is 4. The molecule has 15 heteroatoms. The molecule has 4 fully saturated rings. The smallest absolute Gasteiger partial charge is 0.219 e. The first-order valence-electron chi connectivity index (χ1n) is 22.9. The van der Waals surface area contributed by atoms with Crippen LogP contribution < -0.4 is 30.7 Å². The minimum atomic E-state index is -0.487. The Bertz CT molecular complexity index is 2180. The minimum absolute atomic E-state index is 0.108. The number of rotatable bonds is 14. The number of amides is 2. The number of hydrogen-bond acceptors (Lipinski definition) is 13. The molecule has 0 spiro atoms. The molecular formula is C48H65N11O4. The lowest BCUT2D eigenvalue weighted by Crippen LogP contribution is -2.54. The van der Waals surface area contributed by atoms with Gasteiger partial charge in [-0.25, -0.2) is 9.97 Å².